The second-order valence-electron chi connectivity index (χ2n) is 4.86. The first-order valence-corrected chi connectivity index (χ1v) is 7.43. The highest BCUT2D eigenvalue weighted by Crippen LogP contribution is 2.31. The number of hydrogen-bond donors (Lipinski definition) is 1. The van der Waals surface area contributed by atoms with Gasteiger partial charge in [-0.3, -0.25) is 0 Å². The predicted octanol–water partition coefficient (Wildman–Crippen LogP) is 5.89. The van der Waals surface area contributed by atoms with Gasteiger partial charge < -0.3 is 5.32 Å². The molecule has 0 aromatic heterocycles. The fraction of sp³-hybridized carbons (Fsp3) is 0.250. The fourth-order valence-corrected chi connectivity index (χ4v) is 3.16. The topological polar surface area (TPSA) is 12.0 Å². The number of rotatable bonds is 3. The van der Waals surface area contributed by atoms with E-state index in [9.17, 15) is 0 Å². The summed E-state index contributed by atoms with van der Waals surface area (Å²) in [6, 6.07) is 12.5. The molecule has 0 bridgehead atoms. The van der Waals surface area contributed by atoms with E-state index in [-0.39, 0.29) is 6.04 Å². The van der Waals surface area contributed by atoms with E-state index in [0.29, 0.717) is 0 Å². The molecule has 100 valence electrons. The molecule has 0 aliphatic carbocycles. The number of nitrogens with one attached hydrogen (secondary N) is 1. The third-order valence-electron chi connectivity index (χ3n) is 3.14. The molecule has 0 fully saturated rings. The second kappa shape index (κ2) is 5.98. The van der Waals surface area contributed by atoms with Crippen LogP contribution in [-0.2, 0) is 0 Å². The molecule has 2 rings (SSSR count). The summed E-state index contributed by atoms with van der Waals surface area (Å²) in [4.78, 5) is 0. The summed E-state index contributed by atoms with van der Waals surface area (Å²) in [6.45, 7) is 6.35. The highest BCUT2D eigenvalue weighted by molar-refractivity contribution is 9.10. The molecule has 19 heavy (non-hydrogen) atoms. The Labute approximate surface area is 128 Å². The zero-order chi connectivity index (χ0) is 14.0. The molecule has 2 aromatic carbocycles. The lowest BCUT2D eigenvalue weighted by Crippen LogP contribution is -2.08. The van der Waals surface area contributed by atoms with Crippen molar-refractivity contribution >= 4 is 33.2 Å². The molecule has 0 spiro atoms. The Morgan fingerprint density at radius 2 is 1.89 bits per heavy atom. The minimum atomic E-state index is 0.205. The molecule has 1 nitrogen and oxygen atoms in total. The summed E-state index contributed by atoms with van der Waals surface area (Å²) >= 11 is 9.66. The van der Waals surface area contributed by atoms with E-state index in [2.05, 4.69) is 60.2 Å². The van der Waals surface area contributed by atoms with Gasteiger partial charge in [-0.05, 0) is 71.6 Å². The minimum absolute atomic E-state index is 0.205. The third kappa shape index (κ3) is 3.52. The predicted molar refractivity (Wildman–Crippen MR) is 87.1 cm³/mol. The molecule has 0 amide bonds. The van der Waals surface area contributed by atoms with Crippen LogP contribution in [-0.4, -0.2) is 0 Å². The maximum Gasteiger partial charge on any atom is 0.0519 e. The zero-order valence-electron chi connectivity index (χ0n) is 11.3. The first-order chi connectivity index (χ1) is 8.97. The van der Waals surface area contributed by atoms with Gasteiger partial charge in [0, 0.05) is 15.5 Å². The molecule has 1 atom stereocenters. The van der Waals surface area contributed by atoms with Crippen molar-refractivity contribution in [2.75, 3.05) is 5.32 Å². The maximum absolute atomic E-state index is 6.04. The van der Waals surface area contributed by atoms with Gasteiger partial charge in [-0.1, -0.05) is 29.8 Å². The van der Waals surface area contributed by atoms with Gasteiger partial charge in [0.05, 0.1) is 5.69 Å². The third-order valence-corrected chi connectivity index (χ3v) is 4.00. The fourth-order valence-electron chi connectivity index (χ4n) is 2.17. The average molecular weight is 339 g/mol. The molecule has 0 radical (unpaired) electrons. The monoisotopic (exact) mass is 337 g/mol. The van der Waals surface area contributed by atoms with Gasteiger partial charge in [0.2, 0.25) is 0 Å². The Bertz CT molecular complexity index is 572. The van der Waals surface area contributed by atoms with E-state index in [1.807, 2.05) is 18.2 Å². The van der Waals surface area contributed by atoms with E-state index < -0.39 is 0 Å². The summed E-state index contributed by atoms with van der Waals surface area (Å²) in [5.74, 6) is 0. The molecule has 2 aromatic rings. The smallest absolute Gasteiger partial charge is 0.0519 e. The molecule has 0 saturated heterocycles. The van der Waals surface area contributed by atoms with Crippen molar-refractivity contribution in [2.45, 2.75) is 26.8 Å². The highest BCUT2D eigenvalue weighted by Gasteiger charge is 2.10. The van der Waals surface area contributed by atoms with Crippen molar-refractivity contribution in [2.24, 2.45) is 0 Å². The van der Waals surface area contributed by atoms with Crippen molar-refractivity contribution in [3.8, 4) is 0 Å². The SMILES string of the molecule is Cc1cc(C)c(NC(C)c2cccc(Cl)c2)c(Br)c1. The molecule has 0 saturated carbocycles. The number of benzene rings is 2. The molecular formula is C16H17BrClN. The molecule has 3 heteroatoms. The van der Waals surface area contributed by atoms with Crippen LogP contribution in [0, 0.1) is 13.8 Å². The van der Waals surface area contributed by atoms with Crippen LogP contribution in [0.25, 0.3) is 0 Å². The molecule has 0 aliphatic rings. The van der Waals surface area contributed by atoms with Crippen LogP contribution < -0.4 is 5.32 Å². The van der Waals surface area contributed by atoms with Gasteiger partial charge in [-0.25, -0.2) is 0 Å². The van der Waals surface area contributed by atoms with Gasteiger partial charge in [0.1, 0.15) is 0 Å². The van der Waals surface area contributed by atoms with E-state index in [1.54, 1.807) is 0 Å². The van der Waals surface area contributed by atoms with Crippen LogP contribution >= 0.6 is 27.5 Å². The van der Waals surface area contributed by atoms with E-state index in [4.69, 9.17) is 11.6 Å². The Balaban J connectivity index is 2.26. The van der Waals surface area contributed by atoms with Crippen molar-refractivity contribution in [1.29, 1.82) is 0 Å². The number of halogens is 2. The molecular weight excluding hydrogens is 322 g/mol. The number of anilines is 1. The van der Waals surface area contributed by atoms with Crippen LogP contribution in [0.3, 0.4) is 0 Å². The van der Waals surface area contributed by atoms with Crippen LogP contribution in [0.5, 0.6) is 0 Å². The Morgan fingerprint density at radius 3 is 2.53 bits per heavy atom. The van der Waals surface area contributed by atoms with E-state index in [1.165, 1.54) is 16.7 Å². The Hall–Kier alpha value is -0.990. The number of aryl methyl sites for hydroxylation is 2. The maximum atomic E-state index is 6.04. The highest BCUT2D eigenvalue weighted by atomic mass is 79.9. The lowest BCUT2D eigenvalue weighted by Gasteiger charge is -2.19. The summed E-state index contributed by atoms with van der Waals surface area (Å²) < 4.78 is 1.10. The van der Waals surface area contributed by atoms with Gasteiger partial charge in [0.25, 0.3) is 0 Å². The van der Waals surface area contributed by atoms with Crippen molar-refractivity contribution < 1.29 is 0 Å². The largest absolute Gasteiger partial charge is 0.377 e. The summed E-state index contributed by atoms with van der Waals surface area (Å²) in [7, 11) is 0. The second-order valence-corrected chi connectivity index (χ2v) is 6.15. The van der Waals surface area contributed by atoms with Gasteiger partial charge in [-0.2, -0.15) is 0 Å². The minimum Gasteiger partial charge on any atom is -0.377 e. The van der Waals surface area contributed by atoms with Crippen LogP contribution in [0.15, 0.2) is 40.9 Å². The number of hydrogen-bond acceptors (Lipinski definition) is 1. The molecule has 0 heterocycles. The molecule has 0 aliphatic heterocycles. The zero-order valence-corrected chi connectivity index (χ0v) is 13.6. The molecule has 1 N–H and O–H groups in total. The Kier molecular flexibility index (Phi) is 4.54. The van der Waals surface area contributed by atoms with Crippen LogP contribution in [0.1, 0.15) is 29.7 Å². The van der Waals surface area contributed by atoms with Crippen LogP contribution in [0.2, 0.25) is 5.02 Å². The summed E-state index contributed by atoms with van der Waals surface area (Å²) in [6.07, 6.45) is 0. The first kappa shape index (κ1) is 14.4. The average Bonchev–Trinajstić information content (AvgIpc) is 2.33. The Morgan fingerprint density at radius 1 is 1.16 bits per heavy atom. The van der Waals surface area contributed by atoms with Gasteiger partial charge in [0.15, 0.2) is 0 Å². The summed E-state index contributed by atoms with van der Waals surface area (Å²) in [5, 5.41) is 4.31. The van der Waals surface area contributed by atoms with E-state index in [0.717, 1.165) is 15.2 Å². The lowest BCUT2D eigenvalue weighted by atomic mass is 10.1. The lowest BCUT2D eigenvalue weighted by molar-refractivity contribution is 0.881. The quantitative estimate of drug-likeness (QED) is 0.735. The molecule has 1 unspecified atom stereocenters. The summed E-state index contributed by atoms with van der Waals surface area (Å²) in [5.41, 5.74) is 4.81. The van der Waals surface area contributed by atoms with Gasteiger partial charge >= 0.3 is 0 Å². The normalized spacial score (nSPS) is 12.3. The van der Waals surface area contributed by atoms with Crippen molar-refractivity contribution in [3.05, 3.63) is 62.6 Å². The first-order valence-electron chi connectivity index (χ1n) is 6.26. The van der Waals surface area contributed by atoms with E-state index >= 15 is 0 Å². The van der Waals surface area contributed by atoms with Crippen molar-refractivity contribution in [3.63, 3.8) is 0 Å². The van der Waals surface area contributed by atoms with Crippen molar-refractivity contribution in [1.82, 2.24) is 0 Å². The van der Waals surface area contributed by atoms with Gasteiger partial charge in [-0.15, -0.1) is 0 Å². The van der Waals surface area contributed by atoms with Crippen LogP contribution in [0.4, 0.5) is 5.69 Å². The standard InChI is InChI=1S/C16H17BrClN/c1-10-7-11(2)16(15(17)8-10)19-12(3)13-5-4-6-14(18)9-13/h4-9,12,19H,1-3H3.